The Hall–Kier alpha value is -0.870. The number of carbonyl (C=O) groups is 1. The summed E-state index contributed by atoms with van der Waals surface area (Å²) in [6.45, 7) is 0.788. The van der Waals surface area contributed by atoms with Crippen LogP contribution < -0.4 is 0 Å². The molecule has 2 rings (SSSR count). The molecule has 0 radical (unpaired) electrons. The summed E-state index contributed by atoms with van der Waals surface area (Å²) in [4.78, 5) is 12.0. The number of unbranched alkanes of at least 4 members (excludes halogenated alkanes) is 2. The maximum absolute atomic E-state index is 12.0. The highest BCUT2D eigenvalue weighted by atomic mass is 35.5. The van der Waals surface area contributed by atoms with Gasteiger partial charge in [0.2, 0.25) is 0 Å². The average Bonchev–Trinajstić information content (AvgIpc) is 2.92. The smallest absolute Gasteiger partial charge is 0.150 e. The molecule has 1 atom stereocenters. The second-order valence-corrected chi connectivity index (χ2v) is 5.68. The van der Waals surface area contributed by atoms with Gasteiger partial charge in [-0.15, -0.1) is 11.6 Å². The van der Waals surface area contributed by atoms with Gasteiger partial charge >= 0.3 is 0 Å². The highest BCUT2D eigenvalue weighted by Gasteiger charge is 2.19. The van der Waals surface area contributed by atoms with Crippen LogP contribution in [0, 0.1) is 0 Å². The Morgan fingerprint density at radius 3 is 3.05 bits per heavy atom. The summed E-state index contributed by atoms with van der Waals surface area (Å²) in [5, 5.41) is 4.32. The van der Waals surface area contributed by atoms with E-state index in [9.17, 15) is 4.79 Å². The molecule has 0 saturated carbocycles. The number of nitrogens with zero attached hydrogens (tertiary/aromatic N) is 2. The molecule has 1 aliphatic heterocycles. The van der Waals surface area contributed by atoms with Crippen LogP contribution >= 0.6 is 11.6 Å². The number of halogens is 1. The van der Waals surface area contributed by atoms with Crippen LogP contribution in [-0.2, 0) is 16.0 Å². The lowest BCUT2D eigenvalue weighted by atomic mass is 10.1. The molecule has 4 nitrogen and oxygen atoms in total. The number of ketones is 1. The largest absolute Gasteiger partial charge is 0.357 e. The van der Waals surface area contributed by atoms with Gasteiger partial charge in [0.05, 0.1) is 0 Å². The summed E-state index contributed by atoms with van der Waals surface area (Å²) < 4.78 is 7.62. The Kier molecular flexibility index (Phi) is 6.54. The molecule has 0 N–H and O–H groups in total. The molecule has 0 amide bonds. The van der Waals surface area contributed by atoms with Crippen molar-refractivity contribution >= 4 is 17.4 Å². The number of hydrogen-bond acceptors (Lipinski definition) is 3. The van der Waals surface area contributed by atoms with Crippen molar-refractivity contribution in [1.29, 1.82) is 0 Å². The quantitative estimate of drug-likeness (QED) is 0.545. The highest BCUT2D eigenvalue weighted by molar-refractivity contribution is 6.17. The SMILES string of the molecule is O=C(CCCCCCl)Cc1ccnn1C1CCCCO1. The average molecular weight is 299 g/mol. The minimum atomic E-state index is 0.0119. The summed E-state index contributed by atoms with van der Waals surface area (Å²) in [6.07, 6.45) is 9.07. The molecule has 1 saturated heterocycles. The molecule has 20 heavy (non-hydrogen) atoms. The monoisotopic (exact) mass is 298 g/mol. The van der Waals surface area contributed by atoms with Gasteiger partial charge in [0, 0.05) is 37.2 Å². The fourth-order valence-corrected chi connectivity index (χ4v) is 2.73. The number of rotatable bonds is 8. The Bertz CT molecular complexity index is 414. The molecule has 1 aromatic heterocycles. The first-order valence-corrected chi connectivity index (χ1v) is 8.06. The van der Waals surface area contributed by atoms with Crippen molar-refractivity contribution in [2.45, 2.75) is 57.6 Å². The fourth-order valence-electron chi connectivity index (χ4n) is 2.54. The molecule has 0 aliphatic carbocycles. The molecule has 1 aliphatic rings. The van der Waals surface area contributed by atoms with Crippen molar-refractivity contribution in [3.8, 4) is 0 Å². The topological polar surface area (TPSA) is 44.1 Å². The summed E-state index contributed by atoms with van der Waals surface area (Å²) in [5.41, 5.74) is 0.972. The fraction of sp³-hybridized carbons (Fsp3) is 0.733. The zero-order valence-corrected chi connectivity index (χ0v) is 12.6. The van der Waals surface area contributed by atoms with Crippen molar-refractivity contribution in [1.82, 2.24) is 9.78 Å². The van der Waals surface area contributed by atoms with Crippen molar-refractivity contribution in [3.05, 3.63) is 18.0 Å². The third-order valence-electron chi connectivity index (χ3n) is 3.65. The summed E-state index contributed by atoms with van der Waals surface area (Å²) in [7, 11) is 0. The minimum Gasteiger partial charge on any atom is -0.357 e. The van der Waals surface area contributed by atoms with Gasteiger partial charge < -0.3 is 4.74 Å². The van der Waals surface area contributed by atoms with Gasteiger partial charge in [0.25, 0.3) is 0 Å². The van der Waals surface area contributed by atoms with Gasteiger partial charge in [0.1, 0.15) is 12.0 Å². The normalized spacial score (nSPS) is 19.1. The molecule has 0 bridgehead atoms. The summed E-state index contributed by atoms with van der Waals surface area (Å²) >= 11 is 5.63. The summed E-state index contributed by atoms with van der Waals surface area (Å²) in [6, 6.07) is 1.93. The van der Waals surface area contributed by atoms with Crippen LogP contribution in [0.25, 0.3) is 0 Å². The molecule has 0 aromatic carbocycles. The molecule has 1 unspecified atom stereocenters. The van der Waals surface area contributed by atoms with Crippen molar-refractivity contribution in [2.75, 3.05) is 12.5 Å². The molecule has 1 aromatic rings. The molecule has 5 heteroatoms. The van der Waals surface area contributed by atoms with Gasteiger partial charge in [-0.2, -0.15) is 5.10 Å². The van der Waals surface area contributed by atoms with Crippen LogP contribution in [0.3, 0.4) is 0 Å². The Morgan fingerprint density at radius 1 is 1.40 bits per heavy atom. The number of aromatic nitrogens is 2. The zero-order valence-electron chi connectivity index (χ0n) is 11.9. The van der Waals surface area contributed by atoms with E-state index >= 15 is 0 Å². The first-order chi connectivity index (χ1) is 9.81. The van der Waals surface area contributed by atoms with E-state index in [-0.39, 0.29) is 12.0 Å². The second-order valence-electron chi connectivity index (χ2n) is 5.30. The molecular formula is C15H23ClN2O2. The van der Waals surface area contributed by atoms with E-state index in [4.69, 9.17) is 16.3 Å². The van der Waals surface area contributed by atoms with E-state index in [0.717, 1.165) is 50.8 Å². The van der Waals surface area contributed by atoms with Crippen LogP contribution in [0.5, 0.6) is 0 Å². The maximum atomic E-state index is 12.0. The van der Waals surface area contributed by atoms with Gasteiger partial charge in [-0.1, -0.05) is 6.42 Å². The lowest BCUT2D eigenvalue weighted by Crippen LogP contribution is -2.22. The number of carbonyl (C=O) groups excluding carboxylic acids is 1. The van der Waals surface area contributed by atoms with E-state index in [0.29, 0.717) is 18.7 Å². The van der Waals surface area contributed by atoms with Crippen molar-refractivity contribution in [3.63, 3.8) is 0 Å². The molecule has 2 heterocycles. The van der Waals surface area contributed by atoms with E-state index < -0.39 is 0 Å². The van der Waals surface area contributed by atoms with E-state index in [1.165, 1.54) is 0 Å². The maximum Gasteiger partial charge on any atom is 0.150 e. The second kappa shape index (κ2) is 8.42. The predicted molar refractivity (Wildman–Crippen MR) is 79.0 cm³/mol. The van der Waals surface area contributed by atoms with E-state index in [1.54, 1.807) is 6.20 Å². The lowest BCUT2D eigenvalue weighted by Gasteiger charge is -2.24. The Labute approximate surface area is 125 Å². The Morgan fingerprint density at radius 2 is 2.30 bits per heavy atom. The molecule has 112 valence electrons. The standard InChI is InChI=1S/C15H23ClN2O2/c16-9-4-1-2-6-14(19)12-13-8-10-17-18(13)15-7-3-5-11-20-15/h8,10,15H,1-7,9,11-12H2. The molecule has 1 fully saturated rings. The number of alkyl halides is 1. The van der Waals surface area contributed by atoms with Crippen LogP contribution in [0.15, 0.2) is 12.3 Å². The van der Waals surface area contributed by atoms with Gasteiger partial charge in [0.15, 0.2) is 0 Å². The highest BCUT2D eigenvalue weighted by Crippen LogP contribution is 2.23. The summed E-state index contributed by atoms with van der Waals surface area (Å²) in [5.74, 6) is 0.956. The van der Waals surface area contributed by atoms with Crippen LogP contribution in [-0.4, -0.2) is 28.1 Å². The molecule has 0 spiro atoms. The number of Topliss-reactive ketones (excluding diaryl/α,β-unsaturated/α-hetero) is 1. The van der Waals surface area contributed by atoms with Crippen LogP contribution in [0.4, 0.5) is 0 Å². The number of hydrogen-bond donors (Lipinski definition) is 0. The number of ether oxygens (including phenoxy) is 1. The van der Waals surface area contributed by atoms with E-state index in [2.05, 4.69) is 5.10 Å². The third-order valence-corrected chi connectivity index (χ3v) is 3.92. The van der Waals surface area contributed by atoms with Crippen LogP contribution in [0.2, 0.25) is 0 Å². The van der Waals surface area contributed by atoms with Crippen molar-refractivity contribution < 1.29 is 9.53 Å². The van der Waals surface area contributed by atoms with E-state index in [1.807, 2.05) is 10.7 Å². The van der Waals surface area contributed by atoms with Gasteiger partial charge in [-0.3, -0.25) is 4.79 Å². The third kappa shape index (κ3) is 4.60. The Balaban J connectivity index is 1.83. The van der Waals surface area contributed by atoms with Crippen molar-refractivity contribution in [2.24, 2.45) is 0 Å². The van der Waals surface area contributed by atoms with Gasteiger partial charge in [-0.05, 0) is 38.2 Å². The first kappa shape index (κ1) is 15.5. The van der Waals surface area contributed by atoms with Gasteiger partial charge in [-0.25, -0.2) is 4.68 Å². The predicted octanol–water partition coefficient (Wildman–Crippen LogP) is 3.49. The first-order valence-electron chi connectivity index (χ1n) is 7.53. The zero-order chi connectivity index (χ0) is 14.2. The minimum absolute atomic E-state index is 0.0119. The lowest BCUT2D eigenvalue weighted by molar-refractivity contribution is -0.118. The molecular weight excluding hydrogens is 276 g/mol. The van der Waals surface area contributed by atoms with Crippen LogP contribution in [0.1, 0.15) is 56.9 Å².